The number of aliphatic hydroxyl groups is 1. The number of hydrogen-bond acceptors (Lipinski definition) is 7. The van der Waals surface area contributed by atoms with Gasteiger partial charge in [-0.15, -0.1) is 22.6 Å². The smallest absolute Gasteiger partial charge is 0.204 e. The predicted molar refractivity (Wildman–Crippen MR) is 82.3 cm³/mol. The lowest BCUT2D eigenvalue weighted by Crippen LogP contribution is -2.22. The topological polar surface area (TPSA) is 94.3 Å². The molecule has 0 saturated carbocycles. The third-order valence-corrected chi connectivity index (χ3v) is 2.94. The summed E-state index contributed by atoms with van der Waals surface area (Å²) >= 11 is 0. The van der Waals surface area contributed by atoms with Gasteiger partial charge in [-0.1, -0.05) is 6.07 Å². The Labute approximate surface area is 134 Å². The van der Waals surface area contributed by atoms with Crippen LogP contribution in [0.15, 0.2) is 18.2 Å². The highest BCUT2D eigenvalue weighted by Gasteiger charge is 2.13. The van der Waals surface area contributed by atoms with Crippen LogP contribution in [0.3, 0.4) is 0 Å². The monoisotopic (exact) mass is 329 g/mol. The summed E-state index contributed by atoms with van der Waals surface area (Å²) in [5.74, 6) is 1.66. The molecule has 1 heterocycles. The van der Waals surface area contributed by atoms with E-state index in [9.17, 15) is 5.11 Å². The highest BCUT2D eigenvalue weighted by atomic mass is 35.5. The highest BCUT2D eigenvalue weighted by molar-refractivity contribution is 5.85. The number of benzene rings is 1. The molecule has 0 aliphatic carbocycles. The number of aliphatic hydroxyl groups excluding tert-OH is 1. The molecular formula is C13H20ClN5O3. The van der Waals surface area contributed by atoms with Gasteiger partial charge in [-0.2, -0.15) is 4.80 Å². The molecule has 122 valence electrons. The van der Waals surface area contributed by atoms with E-state index in [1.807, 2.05) is 18.2 Å². The van der Waals surface area contributed by atoms with Gasteiger partial charge in [0, 0.05) is 13.1 Å². The quantitative estimate of drug-likeness (QED) is 0.762. The molecule has 0 aliphatic rings. The van der Waals surface area contributed by atoms with E-state index in [2.05, 4.69) is 20.7 Å². The van der Waals surface area contributed by atoms with Gasteiger partial charge in [0.15, 0.2) is 11.5 Å². The molecule has 9 heteroatoms. The molecule has 0 radical (unpaired) electrons. The van der Waals surface area contributed by atoms with Gasteiger partial charge in [0.05, 0.1) is 21.3 Å². The van der Waals surface area contributed by atoms with Crippen LogP contribution in [-0.2, 0) is 13.6 Å². The molecular weight excluding hydrogens is 310 g/mol. The number of nitrogens with zero attached hydrogens (tertiary/aromatic N) is 4. The first-order valence-corrected chi connectivity index (χ1v) is 6.47. The van der Waals surface area contributed by atoms with Gasteiger partial charge in [-0.05, 0) is 22.9 Å². The van der Waals surface area contributed by atoms with E-state index in [-0.39, 0.29) is 12.4 Å². The summed E-state index contributed by atoms with van der Waals surface area (Å²) in [7, 11) is 4.85. The van der Waals surface area contributed by atoms with Crippen molar-refractivity contribution in [2.75, 3.05) is 20.8 Å². The molecule has 0 spiro atoms. The largest absolute Gasteiger partial charge is 0.493 e. The van der Waals surface area contributed by atoms with Crippen LogP contribution in [0, 0.1) is 0 Å². The fourth-order valence-electron chi connectivity index (χ4n) is 1.87. The molecule has 1 unspecified atom stereocenters. The van der Waals surface area contributed by atoms with Crippen molar-refractivity contribution in [2.24, 2.45) is 7.05 Å². The Bertz CT molecular complexity index is 593. The third kappa shape index (κ3) is 4.55. The zero-order chi connectivity index (χ0) is 15.2. The van der Waals surface area contributed by atoms with E-state index in [0.717, 1.165) is 5.56 Å². The molecule has 0 bridgehead atoms. The molecule has 2 N–H and O–H groups in total. The van der Waals surface area contributed by atoms with Gasteiger partial charge in [0.1, 0.15) is 6.10 Å². The van der Waals surface area contributed by atoms with Crippen LogP contribution in [0.25, 0.3) is 0 Å². The number of aryl methyl sites for hydroxylation is 1. The van der Waals surface area contributed by atoms with Crippen LogP contribution in [0.1, 0.15) is 17.5 Å². The van der Waals surface area contributed by atoms with Gasteiger partial charge in [-0.25, -0.2) is 0 Å². The maximum Gasteiger partial charge on any atom is 0.204 e. The van der Waals surface area contributed by atoms with Gasteiger partial charge in [0.2, 0.25) is 5.82 Å². The number of hydrogen-bond donors (Lipinski definition) is 2. The lowest BCUT2D eigenvalue weighted by atomic mass is 10.2. The van der Waals surface area contributed by atoms with Crippen LogP contribution in [0.5, 0.6) is 11.5 Å². The summed E-state index contributed by atoms with van der Waals surface area (Å²) < 4.78 is 10.4. The first kappa shape index (κ1) is 18.1. The fourth-order valence-corrected chi connectivity index (χ4v) is 1.87. The first-order chi connectivity index (χ1) is 10.1. The SMILES string of the molecule is COc1ccc(CNCC(O)c2nnn(C)n2)cc1OC.Cl. The lowest BCUT2D eigenvalue weighted by molar-refractivity contribution is 0.164. The van der Waals surface area contributed by atoms with E-state index >= 15 is 0 Å². The summed E-state index contributed by atoms with van der Waals surface area (Å²) in [5.41, 5.74) is 1.02. The lowest BCUT2D eigenvalue weighted by Gasteiger charge is -2.11. The molecule has 1 aromatic heterocycles. The molecule has 1 atom stereocenters. The normalized spacial score (nSPS) is 11.6. The van der Waals surface area contributed by atoms with Crippen LogP contribution >= 0.6 is 12.4 Å². The minimum atomic E-state index is -0.793. The van der Waals surface area contributed by atoms with Crippen molar-refractivity contribution >= 4 is 12.4 Å². The maximum atomic E-state index is 9.91. The maximum absolute atomic E-state index is 9.91. The zero-order valence-electron chi connectivity index (χ0n) is 12.7. The molecule has 0 saturated heterocycles. The Morgan fingerprint density at radius 2 is 2.00 bits per heavy atom. The Balaban J connectivity index is 0.00000242. The standard InChI is InChI=1S/C13H19N5O3.ClH/c1-18-16-13(15-17-18)10(19)8-14-7-9-4-5-11(20-2)12(6-9)21-3;/h4-6,10,14,19H,7-8H2,1-3H3;1H. The predicted octanol–water partition coefficient (Wildman–Crippen LogP) is 0.472. The summed E-state index contributed by atoms with van der Waals surface area (Å²) in [6.07, 6.45) is -0.793. The molecule has 0 amide bonds. The number of tetrazole rings is 1. The van der Waals surface area contributed by atoms with Crippen LogP contribution in [-0.4, -0.2) is 46.1 Å². The summed E-state index contributed by atoms with van der Waals surface area (Å²) in [4.78, 5) is 1.31. The summed E-state index contributed by atoms with van der Waals surface area (Å²) in [6.45, 7) is 0.914. The molecule has 22 heavy (non-hydrogen) atoms. The number of methoxy groups -OCH3 is 2. The van der Waals surface area contributed by atoms with E-state index < -0.39 is 6.10 Å². The van der Waals surface area contributed by atoms with Crippen LogP contribution in [0.2, 0.25) is 0 Å². The number of nitrogens with one attached hydrogen (secondary N) is 1. The van der Waals surface area contributed by atoms with Crippen molar-refractivity contribution in [2.45, 2.75) is 12.6 Å². The number of halogens is 1. The minimum absolute atomic E-state index is 0. The van der Waals surface area contributed by atoms with Crippen LogP contribution in [0.4, 0.5) is 0 Å². The van der Waals surface area contributed by atoms with E-state index in [1.54, 1.807) is 21.3 Å². The number of aromatic nitrogens is 4. The minimum Gasteiger partial charge on any atom is -0.493 e. The van der Waals surface area contributed by atoms with E-state index in [4.69, 9.17) is 9.47 Å². The Kier molecular flexibility index (Phi) is 7.03. The molecule has 8 nitrogen and oxygen atoms in total. The van der Waals surface area contributed by atoms with Crippen LogP contribution < -0.4 is 14.8 Å². The van der Waals surface area contributed by atoms with Crippen molar-refractivity contribution in [1.29, 1.82) is 0 Å². The van der Waals surface area contributed by atoms with Gasteiger partial charge < -0.3 is 19.9 Å². The summed E-state index contributed by atoms with van der Waals surface area (Å²) in [6, 6.07) is 5.66. The fraction of sp³-hybridized carbons (Fsp3) is 0.462. The van der Waals surface area contributed by atoms with Crippen molar-refractivity contribution in [3.63, 3.8) is 0 Å². The second kappa shape index (κ2) is 8.52. The van der Waals surface area contributed by atoms with Gasteiger partial charge in [-0.3, -0.25) is 0 Å². The van der Waals surface area contributed by atoms with Gasteiger partial charge in [0.25, 0.3) is 0 Å². The molecule has 2 rings (SSSR count). The second-order valence-electron chi connectivity index (χ2n) is 4.47. The number of rotatable bonds is 7. The van der Waals surface area contributed by atoms with Crippen molar-refractivity contribution in [1.82, 2.24) is 25.5 Å². The van der Waals surface area contributed by atoms with Crippen molar-refractivity contribution in [3.8, 4) is 11.5 Å². The van der Waals surface area contributed by atoms with E-state index in [1.165, 1.54) is 4.80 Å². The Morgan fingerprint density at radius 1 is 1.27 bits per heavy atom. The first-order valence-electron chi connectivity index (χ1n) is 6.47. The van der Waals surface area contributed by atoms with E-state index in [0.29, 0.717) is 30.4 Å². The third-order valence-electron chi connectivity index (χ3n) is 2.94. The van der Waals surface area contributed by atoms with Crippen molar-refractivity contribution < 1.29 is 14.6 Å². The zero-order valence-corrected chi connectivity index (χ0v) is 13.5. The average Bonchev–Trinajstić information content (AvgIpc) is 2.93. The highest BCUT2D eigenvalue weighted by Crippen LogP contribution is 2.27. The molecule has 2 aromatic rings. The molecule has 0 fully saturated rings. The Hall–Kier alpha value is -1.90. The summed E-state index contributed by atoms with van der Waals surface area (Å²) in [5, 5.41) is 24.4. The Morgan fingerprint density at radius 3 is 2.59 bits per heavy atom. The second-order valence-corrected chi connectivity index (χ2v) is 4.47. The van der Waals surface area contributed by atoms with Crippen molar-refractivity contribution in [3.05, 3.63) is 29.6 Å². The molecule has 0 aliphatic heterocycles. The number of ether oxygens (including phenoxy) is 2. The van der Waals surface area contributed by atoms with Gasteiger partial charge >= 0.3 is 0 Å². The molecule has 1 aromatic carbocycles. The average molecular weight is 330 g/mol.